The molecule has 7 nitrogen and oxygen atoms in total. The lowest BCUT2D eigenvalue weighted by atomic mass is 10.0. The maximum Gasteiger partial charge on any atom is 0.216 e. The van der Waals surface area contributed by atoms with E-state index in [1.165, 1.54) is 0 Å². The smallest absolute Gasteiger partial charge is 0.216 e. The Morgan fingerprint density at radius 3 is 2.72 bits per heavy atom. The monoisotopic (exact) mass is 360 g/mol. The van der Waals surface area contributed by atoms with Gasteiger partial charge in [-0.3, -0.25) is 5.10 Å². The number of aromatic amines is 1. The molecule has 2 aromatic heterocycles. The molecule has 0 saturated heterocycles. The van der Waals surface area contributed by atoms with Gasteiger partial charge in [0, 0.05) is 13.0 Å². The molecule has 0 bridgehead atoms. The molecule has 0 fully saturated rings. The van der Waals surface area contributed by atoms with Crippen molar-refractivity contribution in [1.82, 2.24) is 19.9 Å². The minimum Gasteiger partial charge on any atom is -0.461 e. The van der Waals surface area contributed by atoms with Crippen LogP contribution in [0.5, 0.6) is 0 Å². The summed E-state index contributed by atoms with van der Waals surface area (Å²) in [5.41, 5.74) is 1.01. The fourth-order valence-corrected chi connectivity index (χ4v) is 3.90. The lowest BCUT2D eigenvalue weighted by Gasteiger charge is -2.12. The van der Waals surface area contributed by atoms with Crippen molar-refractivity contribution in [3.05, 3.63) is 60.1 Å². The molecule has 1 atom stereocenters. The maximum absolute atomic E-state index is 12.2. The second kappa shape index (κ2) is 7.62. The highest BCUT2D eigenvalue weighted by Gasteiger charge is 2.17. The van der Waals surface area contributed by atoms with E-state index in [4.69, 9.17) is 4.42 Å². The third kappa shape index (κ3) is 4.77. The standard InChI is InChI=1S/C17H20N4O3S/c1-13(14-6-3-2-4-7-14)12-25(22,23)18-10-9-16-19-17(21-20-16)15-8-5-11-24-15/h2-8,11,13,18H,9-10,12H2,1H3,(H,19,20,21). The van der Waals surface area contributed by atoms with Crippen molar-refractivity contribution in [2.75, 3.05) is 12.3 Å². The first-order valence-electron chi connectivity index (χ1n) is 8.01. The predicted molar refractivity (Wildman–Crippen MR) is 94.4 cm³/mol. The molecule has 3 aromatic rings. The zero-order valence-electron chi connectivity index (χ0n) is 13.8. The lowest BCUT2D eigenvalue weighted by Crippen LogP contribution is -2.30. The van der Waals surface area contributed by atoms with Crippen molar-refractivity contribution < 1.29 is 12.8 Å². The Kier molecular flexibility index (Phi) is 5.30. The summed E-state index contributed by atoms with van der Waals surface area (Å²) in [5, 5.41) is 6.85. The molecule has 2 heterocycles. The summed E-state index contributed by atoms with van der Waals surface area (Å²) in [6, 6.07) is 13.1. The van der Waals surface area contributed by atoms with Crippen LogP contribution in [0, 0.1) is 0 Å². The van der Waals surface area contributed by atoms with Crippen LogP contribution in [0.1, 0.15) is 24.2 Å². The van der Waals surface area contributed by atoms with Crippen molar-refractivity contribution in [3.8, 4) is 11.6 Å². The topological polar surface area (TPSA) is 101 Å². The van der Waals surface area contributed by atoms with Gasteiger partial charge in [0.15, 0.2) is 5.76 Å². The molecular weight excluding hydrogens is 340 g/mol. The Hall–Kier alpha value is -2.45. The summed E-state index contributed by atoms with van der Waals surface area (Å²) in [6.45, 7) is 2.16. The number of hydrogen-bond donors (Lipinski definition) is 2. The van der Waals surface area contributed by atoms with Gasteiger partial charge in [-0.25, -0.2) is 18.1 Å². The Labute approximate surface area is 146 Å². The van der Waals surface area contributed by atoms with Crippen molar-refractivity contribution in [3.63, 3.8) is 0 Å². The highest BCUT2D eigenvalue weighted by atomic mass is 32.2. The summed E-state index contributed by atoms with van der Waals surface area (Å²) in [6.07, 6.45) is 1.97. The van der Waals surface area contributed by atoms with Crippen molar-refractivity contribution >= 4 is 10.0 Å². The van der Waals surface area contributed by atoms with Gasteiger partial charge < -0.3 is 4.42 Å². The summed E-state index contributed by atoms with van der Waals surface area (Å²) < 4.78 is 32.3. The number of benzene rings is 1. The van der Waals surface area contributed by atoms with Gasteiger partial charge in [-0.05, 0) is 23.6 Å². The molecule has 0 saturated carbocycles. The van der Waals surface area contributed by atoms with Gasteiger partial charge in [0.2, 0.25) is 15.8 Å². The summed E-state index contributed by atoms with van der Waals surface area (Å²) in [7, 11) is -3.37. The number of aromatic nitrogens is 3. The fraction of sp³-hybridized carbons (Fsp3) is 0.294. The highest BCUT2D eigenvalue weighted by Crippen LogP contribution is 2.16. The third-order valence-corrected chi connectivity index (χ3v) is 5.38. The zero-order valence-corrected chi connectivity index (χ0v) is 14.7. The first-order chi connectivity index (χ1) is 12.0. The molecule has 0 aliphatic rings. The normalized spacial score (nSPS) is 13.0. The lowest BCUT2D eigenvalue weighted by molar-refractivity contribution is 0.574. The van der Waals surface area contributed by atoms with Gasteiger partial charge in [-0.15, -0.1) is 0 Å². The molecule has 25 heavy (non-hydrogen) atoms. The number of H-pyrrole nitrogens is 1. The van der Waals surface area contributed by atoms with E-state index in [1.54, 1.807) is 18.4 Å². The summed E-state index contributed by atoms with van der Waals surface area (Å²) >= 11 is 0. The van der Waals surface area contributed by atoms with Crippen LogP contribution in [-0.2, 0) is 16.4 Å². The van der Waals surface area contributed by atoms with Crippen LogP contribution >= 0.6 is 0 Å². The Bertz CT molecular complexity index is 889. The molecule has 1 aromatic carbocycles. The zero-order chi connectivity index (χ0) is 17.7. The highest BCUT2D eigenvalue weighted by molar-refractivity contribution is 7.89. The van der Waals surface area contributed by atoms with Crippen LogP contribution in [0.3, 0.4) is 0 Å². The molecule has 0 aliphatic heterocycles. The number of hydrogen-bond acceptors (Lipinski definition) is 5. The van der Waals surface area contributed by atoms with E-state index in [0.29, 0.717) is 23.8 Å². The van der Waals surface area contributed by atoms with E-state index in [9.17, 15) is 8.42 Å². The van der Waals surface area contributed by atoms with E-state index in [1.807, 2.05) is 37.3 Å². The molecule has 0 spiro atoms. The van der Waals surface area contributed by atoms with Gasteiger partial charge in [0.25, 0.3) is 0 Å². The molecule has 3 rings (SSSR count). The van der Waals surface area contributed by atoms with Gasteiger partial charge in [-0.1, -0.05) is 37.3 Å². The Morgan fingerprint density at radius 1 is 1.20 bits per heavy atom. The van der Waals surface area contributed by atoms with E-state index in [-0.39, 0.29) is 18.2 Å². The summed E-state index contributed by atoms with van der Waals surface area (Å²) in [5.74, 6) is 1.60. The van der Waals surface area contributed by atoms with E-state index < -0.39 is 10.0 Å². The molecule has 0 radical (unpaired) electrons. The molecule has 8 heteroatoms. The molecule has 0 amide bonds. The van der Waals surface area contributed by atoms with Gasteiger partial charge in [0.1, 0.15) is 5.82 Å². The number of rotatable bonds is 8. The van der Waals surface area contributed by atoms with Crippen molar-refractivity contribution in [1.29, 1.82) is 0 Å². The number of furan rings is 1. The molecular formula is C17H20N4O3S. The van der Waals surface area contributed by atoms with Gasteiger partial charge in [-0.2, -0.15) is 5.10 Å². The molecule has 1 unspecified atom stereocenters. The van der Waals surface area contributed by atoms with Crippen molar-refractivity contribution in [2.24, 2.45) is 0 Å². The second-order valence-electron chi connectivity index (χ2n) is 5.82. The Morgan fingerprint density at radius 2 is 2.00 bits per heavy atom. The fourth-order valence-electron chi connectivity index (χ4n) is 2.51. The van der Waals surface area contributed by atoms with Crippen molar-refractivity contribution in [2.45, 2.75) is 19.3 Å². The molecule has 132 valence electrons. The number of nitrogens with one attached hydrogen (secondary N) is 2. The maximum atomic E-state index is 12.2. The minimum atomic E-state index is -3.37. The van der Waals surface area contributed by atoms with Crippen LogP contribution in [0.25, 0.3) is 11.6 Å². The quantitative estimate of drug-likeness (QED) is 0.642. The largest absolute Gasteiger partial charge is 0.461 e. The molecule has 2 N–H and O–H groups in total. The number of sulfonamides is 1. The van der Waals surface area contributed by atoms with Crippen LogP contribution in [0.15, 0.2) is 53.1 Å². The SMILES string of the molecule is CC(CS(=O)(=O)NCCc1nc(-c2ccco2)n[nH]1)c1ccccc1. The van der Waals surface area contributed by atoms with E-state index in [2.05, 4.69) is 19.9 Å². The number of nitrogens with zero attached hydrogens (tertiary/aromatic N) is 2. The van der Waals surface area contributed by atoms with Gasteiger partial charge in [0.05, 0.1) is 12.0 Å². The van der Waals surface area contributed by atoms with Crippen LogP contribution in [0.4, 0.5) is 0 Å². The first-order valence-corrected chi connectivity index (χ1v) is 9.66. The van der Waals surface area contributed by atoms with Crippen LogP contribution in [-0.4, -0.2) is 35.9 Å². The first kappa shape index (κ1) is 17.4. The van der Waals surface area contributed by atoms with Crippen LogP contribution in [0.2, 0.25) is 0 Å². The third-order valence-electron chi connectivity index (χ3n) is 3.80. The average molecular weight is 360 g/mol. The van der Waals surface area contributed by atoms with Gasteiger partial charge >= 0.3 is 0 Å². The predicted octanol–water partition coefficient (Wildman–Crippen LogP) is 2.33. The van der Waals surface area contributed by atoms with Crippen LogP contribution < -0.4 is 4.72 Å². The minimum absolute atomic E-state index is 0.0467. The second-order valence-corrected chi connectivity index (χ2v) is 7.67. The van der Waals surface area contributed by atoms with E-state index >= 15 is 0 Å². The van der Waals surface area contributed by atoms with E-state index in [0.717, 1.165) is 5.56 Å². The molecule has 0 aliphatic carbocycles. The average Bonchev–Trinajstić information content (AvgIpc) is 3.26. The Balaban J connectivity index is 1.51. The summed E-state index contributed by atoms with van der Waals surface area (Å²) in [4.78, 5) is 4.29.